The van der Waals surface area contributed by atoms with Gasteiger partial charge in [0.2, 0.25) is 0 Å². The zero-order valence-electron chi connectivity index (χ0n) is 9.20. The molecule has 1 aromatic rings. The summed E-state index contributed by atoms with van der Waals surface area (Å²) in [6.45, 7) is 1.21. The molecule has 1 heterocycles. The zero-order chi connectivity index (χ0) is 12.4. The summed E-state index contributed by atoms with van der Waals surface area (Å²) in [7, 11) is 0. The fourth-order valence-corrected chi connectivity index (χ4v) is 2.10. The van der Waals surface area contributed by atoms with E-state index in [0.29, 0.717) is 18.7 Å². The Morgan fingerprint density at radius 3 is 2.94 bits per heavy atom. The Hall–Kier alpha value is -1.13. The molecule has 0 aliphatic carbocycles. The Kier molecular flexibility index (Phi) is 3.64. The van der Waals surface area contributed by atoms with Crippen molar-refractivity contribution in [3.63, 3.8) is 0 Å². The lowest BCUT2D eigenvalue weighted by atomic mass is 10.1. The van der Waals surface area contributed by atoms with Crippen LogP contribution in [0.25, 0.3) is 0 Å². The molecule has 92 valence electrons. The number of rotatable bonds is 2. The van der Waals surface area contributed by atoms with Crippen molar-refractivity contribution in [3.05, 3.63) is 34.6 Å². The maximum Gasteiger partial charge on any atom is 0.253 e. The fourth-order valence-electron chi connectivity index (χ4n) is 1.98. The summed E-state index contributed by atoms with van der Waals surface area (Å²) < 4.78 is 13.2. The molecule has 1 N–H and O–H groups in total. The van der Waals surface area contributed by atoms with E-state index in [1.54, 1.807) is 4.90 Å². The van der Waals surface area contributed by atoms with Gasteiger partial charge in [-0.1, -0.05) is 11.6 Å². The van der Waals surface area contributed by atoms with Crippen molar-refractivity contribution in [2.24, 2.45) is 5.92 Å². The smallest absolute Gasteiger partial charge is 0.253 e. The highest BCUT2D eigenvalue weighted by molar-refractivity contribution is 6.30. The number of carbonyl (C=O) groups is 1. The monoisotopic (exact) mass is 257 g/mol. The van der Waals surface area contributed by atoms with E-state index in [1.165, 1.54) is 12.1 Å². The average molecular weight is 258 g/mol. The van der Waals surface area contributed by atoms with Crippen molar-refractivity contribution < 1.29 is 14.3 Å². The van der Waals surface area contributed by atoms with Gasteiger partial charge in [0.05, 0.1) is 5.02 Å². The topological polar surface area (TPSA) is 40.5 Å². The predicted molar refractivity (Wildman–Crippen MR) is 62.5 cm³/mol. The molecule has 1 aliphatic rings. The summed E-state index contributed by atoms with van der Waals surface area (Å²) in [6.07, 6.45) is 0.790. The van der Waals surface area contributed by atoms with Crippen molar-refractivity contribution >= 4 is 17.5 Å². The van der Waals surface area contributed by atoms with Crippen LogP contribution in [-0.2, 0) is 0 Å². The zero-order valence-corrected chi connectivity index (χ0v) is 9.95. The Morgan fingerprint density at radius 1 is 1.59 bits per heavy atom. The number of nitrogens with zero attached hydrogens (tertiary/aromatic N) is 1. The number of carbonyl (C=O) groups excluding carboxylic acids is 1. The van der Waals surface area contributed by atoms with Crippen LogP contribution in [0.4, 0.5) is 4.39 Å². The van der Waals surface area contributed by atoms with Gasteiger partial charge in [-0.2, -0.15) is 0 Å². The molecule has 1 aliphatic heterocycles. The largest absolute Gasteiger partial charge is 0.396 e. The lowest BCUT2D eigenvalue weighted by Crippen LogP contribution is -2.29. The van der Waals surface area contributed by atoms with E-state index < -0.39 is 5.82 Å². The summed E-state index contributed by atoms with van der Waals surface area (Å²) in [5.41, 5.74) is 0.297. The summed E-state index contributed by atoms with van der Waals surface area (Å²) in [5, 5.41) is 9.01. The lowest BCUT2D eigenvalue weighted by Gasteiger charge is -2.16. The van der Waals surface area contributed by atoms with Crippen LogP contribution in [0, 0.1) is 11.7 Å². The van der Waals surface area contributed by atoms with Crippen LogP contribution in [0.5, 0.6) is 0 Å². The Labute approximate surface area is 104 Å². The molecule has 0 spiro atoms. The maximum absolute atomic E-state index is 13.2. The maximum atomic E-state index is 13.2. The van der Waals surface area contributed by atoms with Crippen molar-refractivity contribution in [2.75, 3.05) is 19.7 Å². The van der Waals surface area contributed by atoms with Crippen molar-refractivity contribution in [1.29, 1.82) is 0 Å². The van der Waals surface area contributed by atoms with Gasteiger partial charge in [0.25, 0.3) is 5.91 Å². The van der Waals surface area contributed by atoms with E-state index in [2.05, 4.69) is 0 Å². The van der Waals surface area contributed by atoms with Crippen LogP contribution in [0.15, 0.2) is 18.2 Å². The average Bonchev–Trinajstić information content (AvgIpc) is 2.80. The Bertz CT molecular complexity index is 439. The minimum Gasteiger partial charge on any atom is -0.396 e. The van der Waals surface area contributed by atoms with Crippen LogP contribution in [0.1, 0.15) is 16.8 Å². The third kappa shape index (κ3) is 2.58. The molecule has 1 unspecified atom stereocenters. The Morgan fingerprint density at radius 2 is 2.35 bits per heavy atom. The molecule has 1 atom stereocenters. The molecule has 0 saturated carbocycles. The summed E-state index contributed by atoms with van der Waals surface area (Å²) >= 11 is 5.56. The van der Waals surface area contributed by atoms with Gasteiger partial charge in [-0.3, -0.25) is 4.79 Å². The molecule has 1 amide bonds. The fraction of sp³-hybridized carbons (Fsp3) is 0.417. The second-order valence-corrected chi connectivity index (χ2v) is 4.62. The van der Waals surface area contributed by atoms with E-state index in [4.69, 9.17) is 16.7 Å². The van der Waals surface area contributed by atoms with Crippen LogP contribution in [0.2, 0.25) is 5.02 Å². The second-order valence-electron chi connectivity index (χ2n) is 4.22. The van der Waals surface area contributed by atoms with Crippen LogP contribution < -0.4 is 0 Å². The number of likely N-dealkylation sites (tertiary alicyclic amines) is 1. The number of halogens is 2. The molecule has 0 aromatic heterocycles. The molecular weight excluding hydrogens is 245 g/mol. The van der Waals surface area contributed by atoms with E-state index in [9.17, 15) is 9.18 Å². The van der Waals surface area contributed by atoms with Crippen LogP contribution >= 0.6 is 11.6 Å². The van der Waals surface area contributed by atoms with Gasteiger partial charge in [0.15, 0.2) is 0 Å². The lowest BCUT2D eigenvalue weighted by molar-refractivity contribution is 0.0781. The minimum atomic E-state index is -0.588. The first kappa shape index (κ1) is 12.3. The highest BCUT2D eigenvalue weighted by atomic mass is 35.5. The van der Waals surface area contributed by atoms with Gasteiger partial charge < -0.3 is 10.0 Å². The SMILES string of the molecule is O=C(c1ccc(Cl)c(F)c1)N1CCC(CO)C1. The first-order chi connectivity index (χ1) is 8.11. The van der Waals surface area contributed by atoms with Gasteiger partial charge in [-0.15, -0.1) is 0 Å². The van der Waals surface area contributed by atoms with Gasteiger partial charge in [-0.05, 0) is 24.6 Å². The molecule has 17 heavy (non-hydrogen) atoms. The molecule has 3 nitrogen and oxygen atoms in total. The third-order valence-electron chi connectivity index (χ3n) is 3.00. The van der Waals surface area contributed by atoms with Gasteiger partial charge >= 0.3 is 0 Å². The Balaban J connectivity index is 2.12. The third-order valence-corrected chi connectivity index (χ3v) is 3.30. The number of benzene rings is 1. The number of aliphatic hydroxyl groups is 1. The van der Waals surface area contributed by atoms with Crippen molar-refractivity contribution in [2.45, 2.75) is 6.42 Å². The van der Waals surface area contributed by atoms with Gasteiger partial charge in [0.1, 0.15) is 5.82 Å². The van der Waals surface area contributed by atoms with Crippen molar-refractivity contribution in [3.8, 4) is 0 Å². The standard InChI is InChI=1S/C12H13ClFNO2/c13-10-2-1-9(5-11(10)14)12(17)15-4-3-8(6-15)7-16/h1-2,5,8,16H,3-4,6-7H2. The van der Waals surface area contributed by atoms with Crippen molar-refractivity contribution in [1.82, 2.24) is 4.90 Å². The number of amides is 1. The molecule has 2 rings (SSSR count). The van der Waals surface area contributed by atoms with E-state index in [-0.39, 0.29) is 23.5 Å². The molecule has 1 saturated heterocycles. The van der Waals surface area contributed by atoms with E-state index in [1.807, 2.05) is 0 Å². The quantitative estimate of drug-likeness (QED) is 0.880. The summed E-state index contributed by atoms with van der Waals surface area (Å²) in [5.74, 6) is -0.664. The predicted octanol–water partition coefficient (Wildman–Crippen LogP) is 1.93. The summed E-state index contributed by atoms with van der Waals surface area (Å²) in [6, 6.07) is 4.04. The number of hydrogen-bond acceptors (Lipinski definition) is 2. The number of hydrogen-bond donors (Lipinski definition) is 1. The minimum absolute atomic E-state index is 0.0104. The van der Waals surface area contributed by atoms with Gasteiger partial charge in [0, 0.05) is 31.2 Å². The van der Waals surface area contributed by atoms with Crippen LogP contribution in [0.3, 0.4) is 0 Å². The van der Waals surface area contributed by atoms with E-state index >= 15 is 0 Å². The molecular formula is C12H13ClFNO2. The normalized spacial score (nSPS) is 19.7. The molecule has 0 bridgehead atoms. The van der Waals surface area contributed by atoms with E-state index in [0.717, 1.165) is 12.5 Å². The first-order valence-corrected chi connectivity index (χ1v) is 5.85. The highest BCUT2D eigenvalue weighted by Gasteiger charge is 2.26. The summed E-state index contributed by atoms with van der Waals surface area (Å²) in [4.78, 5) is 13.6. The molecule has 5 heteroatoms. The first-order valence-electron chi connectivity index (χ1n) is 5.47. The second kappa shape index (κ2) is 5.02. The number of aliphatic hydroxyl groups excluding tert-OH is 1. The molecule has 0 radical (unpaired) electrons. The van der Waals surface area contributed by atoms with Gasteiger partial charge in [-0.25, -0.2) is 4.39 Å². The molecule has 1 fully saturated rings. The van der Waals surface area contributed by atoms with Crippen LogP contribution in [-0.4, -0.2) is 35.6 Å². The highest BCUT2D eigenvalue weighted by Crippen LogP contribution is 2.20. The molecule has 1 aromatic carbocycles.